The second-order valence-corrected chi connectivity index (χ2v) is 6.00. The van der Waals surface area contributed by atoms with Crippen LogP contribution in [0.15, 0.2) is 48.2 Å². The van der Waals surface area contributed by atoms with Gasteiger partial charge in [-0.2, -0.15) is 10.5 Å². The molecule has 1 aliphatic rings. The lowest BCUT2D eigenvalue weighted by Gasteiger charge is -2.16. The number of hydrogen-bond donors (Lipinski definition) is 0. The summed E-state index contributed by atoms with van der Waals surface area (Å²) in [5.74, 6) is -0.549. The number of carbonyl (C=O) groups excluding carboxylic acids is 2. The Labute approximate surface area is 165 Å². The quantitative estimate of drug-likeness (QED) is 0.554. The van der Waals surface area contributed by atoms with E-state index in [2.05, 4.69) is 0 Å². The number of allylic oxidation sites excluding steroid dienone is 1. The smallest absolute Gasteiger partial charge is 0.262 e. The van der Waals surface area contributed by atoms with Gasteiger partial charge in [-0.15, -0.1) is 0 Å². The van der Waals surface area contributed by atoms with Gasteiger partial charge in [0.25, 0.3) is 5.91 Å². The van der Waals surface area contributed by atoms with Gasteiger partial charge >= 0.3 is 0 Å². The maximum atomic E-state index is 13.0. The van der Waals surface area contributed by atoms with Crippen molar-refractivity contribution in [1.82, 2.24) is 4.90 Å². The molecule has 29 heavy (non-hydrogen) atoms. The highest BCUT2D eigenvalue weighted by Crippen LogP contribution is 2.34. The first-order chi connectivity index (χ1) is 14.0. The molecule has 0 spiro atoms. The molecule has 3 rings (SSSR count). The van der Waals surface area contributed by atoms with Crippen molar-refractivity contribution >= 4 is 17.8 Å². The van der Waals surface area contributed by atoms with Gasteiger partial charge in [0.05, 0.1) is 17.7 Å². The summed E-state index contributed by atoms with van der Waals surface area (Å²) in [5, 5.41) is 17.4. The molecule has 2 aromatic rings. The minimum Gasteiger partial charge on any atom is -0.484 e. The van der Waals surface area contributed by atoms with E-state index in [9.17, 15) is 14.0 Å². The summed E-state index contributed by atoms with van der Waals surface area (Å²) in [4.78, 5) is 25.6. The molecular weight excluding hydrogens is 377 g/mol. The van der Waals surface area contributed by atoms with Crippen LogP contribution in [0.2, 0.25) is 0 Å². The van der Waals surface area contributed by atoms with E-state index in [1.54, 1.807) is 0 Å². The number of carbonyl (C=O) groups is 2. The number of amides is 1. The van der Waals surface area contributed by atoms with E-state index in [-0.39, 0.29) is 42.8 Å². The summed E-state index contributed by atoms with van der Waals surface area (Å²) in [7, 11) is 0. The number of benzene rings is 2. The highest BCUT2D eigenvalue weighted by Gasteiger charge is 2.28. The lowest BCUT2D eigenvalue weighted by molar-refractivity contribution is -0.132. The Morgan fingerprint density at radius 3 is 2.48 bits per heavy atom. The molecule has 144 valence electrons. The Kier molecular flexibility index (Phi) is 5.86. The Morgan fingerprint density at radius 1 is 1.14 bits per heavy atom. The van der Waals surface area contributed by atoms with Gasteiger partial charge in [-0.05, 0) is 35.9 Å². The average molecular weight is 391 g/mol. The van der Waals surface area contributed by atoms with Crippen LogP contribution in [0.25, 0.3) is 6.08 Å². The predicted octanol–water partition coefficient (Wildman–Crippen LogP) is 2.70. The summed E-state index contributed by atoms with van der Waals surface area (Å²) in [6, 6.07) is 13.8. The summed E-state index contributed by atoms with van der Waals surface area (Å²) in [6.45, 7) is -0.793. The van der Waals surface area contributed by atoms with Crippen molar-refractivity contribution in [3.8, 4) is 23.6 Å². The summed E-state index contributed by atoms with van der Waals surface area (Å²) in [6.07, 6.45) is 1.51. The maximum absolute atomic E-state index is 13.0. The van der Waals surface area contributed by atoms with E-state index in [0.29, 0.717) is 16.9 Å². The molecule has 7 nitrogen and oxygen atoms in total. The van der Waals surface area contributed by atoms with Crippen molar-refractivity contribution in [2.24, 2.45) is 0 Å². The molecule has 2 aromatic carbocycles. The molecule has 1 heterocycles. The minimum absolute atomic E-state index is 0.0917. The zero-order valence-electron chi connectivity index (χ0n) is 15.1. The zero-order chi connectivity index (χ0) is 20.8. The van der Waals surface area contributed by atoms with Crippen LogP contribution in [0.5, 0.6) is 11.5 Å². The summed E-state index contributed by atoms with van der Waals surface area (Å²) >= 11 is 0. The van der Waals surface area contributed by atoms with E-state index >= 15 is 0 Å². The van der Waals surface area contributed by atoms with E-state index < -0.39 is 5.91 Å². The zero-order valence-corrected chi connectivity index (χ0v) is 15.1. The van der Waals surface area contributed by atoms with Crippen LogP contribution in [0.4, 0.5) is 4.39 Å². The number of halogens is 1. The Hall–Kier alpha value is -4.17. The van der Waals surface area contributed by atoms with Gasteiger partial charge in [-0.3, -0.25) is 9.59 Å². The first kappa shape index (κ1) is 19.6. The van der Waals surface area contributed by atoms with E-state index in [1.165, 1.54) is 48.5 Å². The first-order valence-corrected chi connectivity index (χ1v) is 8.50. The van der Waals surface area contributed by atoms with Crippen molar-refractivity contribution < 1.29 is 23.5 Å². The summed E-state index contributed by atoms with van der Waals surface area (Å²) < 4.78 is 24.0. The highest BCUT2D eigenvalue weighted by atomic mass is 19.1. The minimum atomic E-state index is -0.512. The fourth-order valence-electron chi connectivity index (χ4n) is 2.61. The Bertz CT molecular complexity index is 1050. The molecule has 0 saturated heterocycles. The molecule has 0 unspecified atom stereocenters. The standard InChI is InChI=1S/C21H14FN3O4/c22-15-3-1-14(2-4-15)11-19-21(27)17-6-5-16(12-18(17)29-19)28-13-20(26)25(9-7-23)10-8-24/h1-6,11-12H,9-10,13H2. The molecular formula is C21H14FN3O4. The predicted molar refractivity (Wildman–Crippen MR) is 99.1 cm³/mol. The number of Topliss-reactive ketones (excluding diaryl/α,β-unsaturated/α-hetero) is 1. The molecule has 0 N–H and O–H groups in total. The number of nitriles is 2. The summed E-state index contributed by atoms with van der Waals surface area (Å²) in [5.41, 5.74) is 0.951. The normalized spacial score (nSPS) is 13.2. The Morgan fingerprint density at radius 2 is 1.83 bits per heavy atom. The van der Waals surface area contributed by atoms with E-state index in [0.717, 1.165) is 4.90 Å². The lowest BCUT2D eigenvalue weighted by atomic mass is 10.1. The fraction of sp³-hybridized carbons (Fsp3) is 0.143. The lowest BCUT2D eigenvalue weighted by Crippen LogP contribution is -2.35. The van der Waals surface area contributed by atoms with E-state index in [4.69, 9.17) is 20.0 Å². The highest BCUT2D eigenvalue weighted by molar-refractivity contribution is 6.14. The third-order valence-electron chi connectivity index (χ3n) is 4.05. The number of rotatable bonds is 6. The average Bonchev–Trinajstić information content (AvgIpc) is 3.02. The molecule has 8 heteroatoms. The largest absolute Gasteiger partial charge is 0.484 e. The molecule has 0 aromatic heterocycles. The van der Waals surface area contributed by atoms with Crippen LogP contribution in [0.1, 0.15) is 15.9 Å². The first-order valence-electron chi connectivity index (χ1n) is 8.50. The van der Waals surface area contributed by atoms with Gasteiger partial charge in [0.15, 0.2) is 12.4 Å². The molecule has 0 saturated carbocycles. The van der Waals surface area contributed by atoms with Crippen molar-refractivity contribution in [2.45, 2.75) is 0 Å². The van der Waals surface area contributed by atoms with Crippen LogP contribution >= 0.6 is 0 Å². The molecule has 0 atom stereocenters. The van der Waals surface area contributed by atoms with Crippen LogP contribution in [-0.2, 0) is 4.79 Å². The molecule has 0 fully saturated rings. The molecule has 0 aliphatic carbocycles. The molecule has 1 amide bonds. The van der Waals surface area contributed by atoms with E-state index in [1.807, 2.05) is 12.1 Å². The maximum Gasteiger partial charge on any atom is 0.262 e. The third-order valence-corrected chi connectivity index (χ3v) is 4.05. The second-order valence-electron chi connectivity index (χ2n) is 6.00. The fourth-order valence-corrected chi connectivity index (χ4v) is 2.61. The van der Waals surface area contributed by atoms with Crippen molar-refractivity contribution in [2.75, 3.05) is 19.7 Å². The van der Waals surface area contributed by atoms with Gasteiger partial charge in [-0.25, -0.2) is 4.39 Å². The number of hydrogen-bond acceptors (Lipinski definition) is 6. The van der Waals surface area contributed by atoms with Crippen molar-refractivity contribution in [1.29, 1.82) is 10.5 Å². The number of fused-ring (bicyclic) bond motifs is 1. The molecule has 1 aliphatic heterocycles. The second kappa shape index (κ2) is 8.68. The van der Waals surface area contributed by atoms with Gasteiger partial charge in [0.1, 0.15) is 30.4 Å². The monoisotopic (exact) mass is 391 g/mol. The SMILES string of the molecule is N#CCN(CC#N)C(=O)COc1ccc2c(c1)OC(=Cc1ccc(F)cc1)C2=O. The van der Waals surface area contributed by atoms with Crippen molar-refractivity contribution in [3.05, 3.63) is 65.2 Å². The van der Waals surface area contributed by atoms with Crippen LogP contribution in [-0.4, -0.2) is 36.3 Å². The van der Waals surface area contributed by atoms with Gasteiger partial charge in [-0.1, -0.05) is 12.1 Å². The number of nitrogens with zero attached hydrogens (tertiary/aromatic N) is 3. The topological polar surface area (TPSA) is 103 Å². The van der Waals surface area contributed by atoms with Gasteiger partial charge in [0.2, 0.25) is 5.78 Å². The number of ether oxygens (including phenoxy) is 2. The molecule has 0 radical (unpaired) electrons. The van der Waals surface area contributed by atoms with Crippen LogP contribution in [0, 0.1) is 28.5 Å². The Balaban J connectivity index is 1.70. The van der Waals surface area contributed by atoms with Crippen molar-refractivity contribution in [3.63, 3.8) is 0 Å². The number of ketones is 1. The van der Waals surface area contributed by atoms with Crippen LogP contribution < -0.4 is 9.47 Å². The van der Waals surface area contributed by atoms with Crippen LogP contribution in [0.3, 0.4) is 0 Å². The van der Waals surface area contributed by atoms with Gasteiger partial charge in [0, 0.05) is 6.07 Å². The third kappa shape index (κ3) is 4.57. The van der Waals surface area contributed by atoms with Gasteiger partial charge < -0.3 is 14.4 Å². The molecule has 0 bridgehead atoms.